The van der Waals surface area contributed by atoms with E-state index in [-0.39, 0.29) is 4.90 Å². The first-order valence-electron chi connectivity index (χ1n) is 9.43. The monoisotopic (exact) mass is 452 g/mol. The lowest BCUT2D eigenvalue weighted by Gasteiger charge is -2.13. The molecule has 0 aliphatic carbocycles. The molecule has 1 aromatic heterocycles. The highest BCUT2D eigenvalue weighted by Gasteiger charge is 2.16. The Hall–Kier alpha value is -3.36. The third-order valence-corrected chi connectivity index (χ3v) is 6.73. The van der Waals surface area contributed by atoms with Gasteiger partial charge in [-0.15, -0.1) is 11.3 Å². The van der Waals surface area contributed by atoms with Crippen molar-refractivity contribution in [1.82, 2.24) is 4.98 Å². The van der Waals surface area contributed by atoms with E-state index in [1.54, 1.807) is 43.0 Å². The normalized spacial score (nSPS) is 11.1. The fourth-order valence-electron chi connectivity index (χ4n) is 2.98. The molecule has 31 heavy (non-hydrogen) atoms. The molecule has 0 unspecified atom stereocenters. The number of hydrogen-bond acceptors (Lipinski definition) is 6. The van der Waals surface area contributed by atoms with Crippen molar-refractivity contribution in [2.24, 2.45) is 0 Å². The average Bonchev–Trinajstić information content (AvgIpc) is 3.30. The topological polar surface area (TPSA) is 77.5 Å². The minimum atomic E-state index is -3.68. The Morgan fingerprint density at radius 3 is 2.35 bits per heavy atom. The summed E-state index contributed by atoms with van der Waals surface area (Å²) in [7, 11) is -2.09. The molecule has 158 valence electrons. The molecule has 0 saturated carbocycles. The number of thiazole rings is 1. The highest BCUT2D eigenvalue weighted by atomic mass is 32.2. The fraction of sp³-hybridized carbons (Fsp3) is 0.0870. The number of hydrogen-bond donors (Lipinski definition) is 1. The van der Waals surface area contributed by atoms with Gasteiger partial charge in [-0.3, -0.25) is 4.72 Å². The van der Waals surface area contributed by atoms with Gasteiger partial charge >= 0.3 is 0 Å². The second-order valence-electron chi connectivity index (χ2n) is 6.61. The average molecular weight is 453 g/mol. The lowest BCUT2D eigenvalue weighted by Crippen LogP contribution is -2.12. The van der Waals surface area contributed by atoms with Gasteiger partial charge in [0.05, 0.1) is 12.0 Å². The van der Waals surface area contributed by atoms with Crippen LogP contribution in [-0.2, 0) is 16.6 Å². The van der Waals surface area contributed by atoms with Crippen LogP contribution in [0.5, 0.6) is 11.5 Å². The number of nitrogens with zero attached hydrogens (tertiary/aromatic N) is 1. The molecule has 0 spiro atoms. The standard InChI is InChI=1S/C23H20N2O4S2/c1-28-22-15-19(9-12-21(22)29-16-17-5-3-2-4-6-17)18-7-10-20(11-8-18)31(26,27)25-23-24-13-14-30-23/h2-15H,16H2,1H3,(H,24,25). The largest absolute Gasteiger partial charge is 0.493 e. The van der Waals surface area contributed by atoms with Crippen molar-refractivity contribution < 1.29 is 17.9 Å². The maximum absolute atomic E-state index is 12.5. The molecular formula is C23H20N2O4S2. The highest BCUT2D eigenvalue weighted by molar-refractivity contribution is 7.93. The molecule has 0 amide bonds. The number of methoxy groups -OCH3 is 1. The lowest BCUT2D eigenvalue weighted by atomic mass is 10.1. The van der Waals surface area contributed by atoms with Crippen LogP contribution in [0.3, 0.4) is 0 Å². The molecule has 0 aliphatic rings. The second-order valence-corrected chi connectivity index (χ2v) is 9.18. The molecule has 1 N–H and O–H groups in total. The van der Waals surface area contributed by atoms with E-state index < -0.39 is 10.0 Å². The van der Waals surface area contributed by atoms with E-state index in [2.05, 4.69) is 9.71 Å². The third kappa shape index (κ3) is 5.04. The van der Waals surface area contributed by atoms with Crippen LogP contribution in [0.4, 0.5) is 5.13 Å². The summed E-state index contributed by atoms with van der Waals surface area (Å²) in [6.07, 6.45) is 1.55. The Morgan fingerprint density at radius 2 is 1.68 bits per heavy atom. The van der Waals surface area contributed by atoms with Gasteiger partial charge in [-0.25, -0.2) is 13.4 Å². The number of rotatable bonds is 8. The number of sulfonamides is 1. The number of ether oxygens (including phenoxy) is 2. The first kappa shape index (κ1) is 20.9. The van der Waals surface area contributed by atoms with Crippen molar-refractivity contribution >= 4 is 26.5 Å². The molecule has 3 aromatic carbocycles. The van der Waals surface area contributed by atoms with E-state index >= 15 is 0 Å². The summed E-state index contributed by atoms with van der Waals surface area (Å²) in [5.41, 5.74) is 2.82. The van der Waals surface area contributed by atoms with Crippen molar-refractivity contribution in [2.75, 3.05) is 11.8 Å². The van der Waals surface area contributed by atoms with Gasteiger partial charge in [0.15, 0.2) is 16.6 Å². The van der Waals surface area contributed by atoms with Crippen LogP contribution in [0.2, 0.25) is 0 Å². The SMILES string of the molecule is COc1cc(-c2ccc(S(=O)(=O)Nc3nccs3)cc2)ccc1OCc1ccccc1. The number of anilines is 1. The van der Waals surface area contributed by atoms with Gasteiger partial charge in [0.25, 0.3) is 10.0 Å². The van der Waals surface area contributed by atoms with Gasteiger partial charge in [-0.1, -0.05) is 48.5 Å². The van der Waals surface area contributed by atoms with E-state index in [4.69, 9.17) is 9.47 Å². The zero-order valence-corrected chi connectivity index (χ0v) is 18.3. The van der Waals surface area contributed by atoms with Crippen LogP contribution in [-0.4, -0.2) is 20.5 Å². The summed E-state index contributed by atoms with van der Waals surface area (Å²) >= 11 is 1.23. The molecule has 1 heterocycles. The summed E-state index contributed by atoms with van der Waals surface area (Å²) in [6, 6.07) is 22.2. The fourth-order valence-corrected chi connectivity index (χ4v) is 4.76. The zero-order chi connectivity index (χ0) is 21.7. The Balaban J connectivity index is 1.51. The van der Waals surface area contributed by atoms with Crippen molar-refractivity contribution in [3.8, 4) is 22.6 Å². The van der Waals surface area contributed by atoms with Gasteiger partial charge < -0.3 is 9.47 Å². The Bertz CT molecular complexity index is 1240. The van der Waals surface area contributed by atoms with E-state index in [1.807, 2.05) is 48.5 Å². The Labute approximate surface area is 185 Å². The number of nitrogens with one attached hydrogen (secondary N) is 1. The van der Waals surface area contributed by atoms with E-state index in [0.717, 1.165) is 16.7 Å². The maximum atomic E-state index is 12.5. The summed E-state index contributed by atoms with van der Waals surface area (Å²) in [6.45, 7) is 0.440. The molecule has 0 atom stereocenters. The third-order valence-electron chi connectivity index (χ3n) is 4.55. The highest BCUT2D eigenvalue weighted by Crippen LogP contribution is 2.33. The van der Waals surface area contributed by atoms with Gasteiger partial charge in [0.2, 0.25) is 0 Å². The molecule has 0 fully saturated rings. The predicted octanol–water partition coefficient (Wildman–Crippen LogP) is 5.20. The van der Waals surface area contributed by atoms with Crippen LogP contribution in [0.15, 0.2) is 89.3 Å². The molecule has 4 aromatic rings. The Morgan fingerprint density at radius 1 is 0.935 bits per heavy atom. The molecule has 8 heteroatoms. The molecule has 0 bridgehead atoms. The van der Waals surface area contributed by atoms with Gasteiger partial charge in [0, 0.05) is 11.6 Å². The minimum absolute atomic E-state index is 0.168. The van der Waals surface area contributed by atoms with Crippen molar-refractivity contribution in [1.29, 1.82) is 0 Å². The minimum Gasteiger partial charge on any atom is -0.493 e. The van der Waals surface area contributed by atoms with Crippen LogP contribution in [0, 0.1) is 0 Å². The lowest BCUT2D eigenvalue weighted by molar-refractivity contribution is 0.284. The summed E-state index contributed by atoms with van der Waals surface area (Å²) in [5.74, 6) is 1.25. The quantitative estimate of drug-likeness (QED) is 0.398. The first-order valence-corrected chi connectivity index (χ1v) is 11.8. The molecule has 6 nitrogen and oxygen atoms in total. The Kier molecular flexibility index (Phi) is 6.20. The van der Waals surface area contributed by atoms with E-state index in [9.17, 15) is 8.42 Å². The van der Waals surface area contributed by atoms with E-state index in [0.29, 0.717) is 23.2 Å². The smallest absolute Gasteiger partial charge is 0.263 e. The molecule has 0 radical (unpaired) electrons. The molecule has 0 aliphatic heterocycles. The van der Waals surface area contributed by atoms with Gasteiger partial charge in [0.1, 0.15) is 6.61 Å². The zero-order valence-electron chi connectivity index (χ0n) is 16.7. The van der Waals surface area contributed by atoms with E-state index in [1.165, 1.54) is 11.3 Å². The maximum Gasteiger partial charge on any atom is 0.263 e. The summed E-state index contributed by atoms with van der Waals surface area (Å²) in [4.78, 5) is 4.12. The van der Waals surface area contributed by atoms with Gasteiger partial charge in [-0.05, 0) is 41.0 Å². The van der Waals surface area contributed by atoms with Crippen LogP contribution >= 0.6 is 11.3 Å². The van der Waals surface area contributed by atoms with Crippen molar-refractivity contribution in [2.45, 2.75) is 11.5 Å². The molecule has 0 saturated heterocycles. The predicted molar refractivity (Wildman–Crippen MR) is 122 cm³/mol. The number of aromatic nitrogens is 1. The van der Waals surface area contributed by atoms with Gasteiger partial charge in [-0.2, -0.15) is 0 Å². The van der Waals surface area contributed by atoms with Crippen LogP contribution in [0.1, 0.15) is 5.56 Å². The summed E-state index contributed by atoms with van der Waals surface area (Å²) < 4.78 is 38.9. The van der Waals surface area contributed by atoms with Crippen LogP contribution < -0.4 is 14.2 Å². The van der Waals surface area contributed by atoms with Crippen molar-refractivity contribution in [3.63, 3.8) is 0 Å². The first-order chi connectivity index (χ1) is 15.0. The summed E-state index contributed by atoms with van der Waals surface area (Å²) in [5, 5.41) is 2.04. The van der Waals surface area contributed by atoms with Crippen molar-refractivity contribution in [3.05, 3.63) is 89.9 Å². The molecular weight excluding hydrogens is 432 g/mol. The number of benzene rings is 3. The molecule has 4 rings (SSSR count). The second kappa shape index (κ2) is 9.20. The van der Waals surface area contributed by atoms with Crippen LogP contribution in [0.25, 0.3) is 11.1 Å².